The summed E-state index contributed by atoms with van der Waals surface area (Å²) in [5.74, 6) is -0.606. The van der Waals surface area contributed by atoms with Crippen LogP contribution in [0.3, 0.4) is 0 Å². The van der Waals surface area contributed by atoms with Crippen LogP contribution in [0.1, 0.15) is 57.5 Å². The van der Waals surface area contributed by atoms with Crippen molar-refractivity contribution in [2.24, 2.45) is 0 Å². The van der Waals surface area contributed by atoms with E-state index in [-0.39, 0.29) is 24.8 Å². The van der Waals surface area contributed by atoms with Crippen molar-refractivity contribution in [1.29, 1.82) is 5.26 Å². The summed E-state index contributed by atoms with van der Waals surface area (Å²) in [7, 11) is 1.72. The summed E-state index contributed by atoms with van der Waals surface area (Å²) >= 11 is 12.2. The lowest BCUT2D eigenvalue weighted by molar-refractivity contribution is -0.142. The molecule has 2 heterocycles. The molecule has 2 aliphatic heterocycles. The van der Waals surface area contributed by atoms with E-state index in [1.54, 1.807) is 48.3 Å². The molecular formula is C51H44Cl2N4O6. The zero-order chi connectivity index (χ0) is 44.2. The number of amides is 2. The normalized spacial score (nSPS) is 16.2. The molecule has 3 atom stereocenters. The molecule has 0 radical (unpaired) electrons. The number of nitrogens with zero attached hydrogens (tertiary/aromatic N) is 3. The zero-order valence-electron chi connectivity index (χ0n) is 34.7. The van der Waals surface area contributed by atoms with E-state index in [1.807, 2.05) is 78.9 Å². The summed E-state index contributed by atoms with van der Waals surface area (Å²) in [5.41, 5.74) is 9.39. The molecule has 0 aromatic heterocycles. The summed E-state index contributed by atoms with van der Waals surface area (Å²) in [6.07, 6.45) is 0.309. The molecule has 318 valence electrons. The van der Waals surface area contributed by atoms with Gasteiger partial charge in [-0.05, 0) is 106 Å². The second-order valence-corrected chi connectivity index (χ2v) is 16.6. The van der Waals surface area contributed by atoms with E-state index >= 15 is 0 Å². The van der Waals surface area contributed by atoms with E-state index < -0.39 is 24.2 Å². The van der Waals surface area contributed by atoms with Crippen molar-refractivity contribution in [2.45, 2.75) is 64.1 Å². The van der Waals surface area contributed by atoms with Crippen molar-refractivity contribution < 1.29 is 29.0 Å². The lowest BCUT2D eigenvalue weighted by Gasteiger charge is -2.39. The number of nitriles is 1. The number of likely N-dealkylation sites (N-methyl/N-ethyl adjacent to an activating group) is 1. The van der Waals surface area contributed by atoms with Crippen LogP contribution in [-0.4, -0.2) is 46.9 Å². The third-order valence-corrected chi connectivity index (χ3v) is 12.5. The van der Waals surface area contributed by atoms with Crippen LogP contribution in [0.25, 0.3) is 11.1 Å². The van der Waals surface area contributed by atoms with Crippen molar-refractivity contribution in [3.63, 3.8) is 0 Å². The SMILES string of the molecule is CCc1ccccc1CN1Cc2cc3c(cc2CC1C(=O)N[C@@H](Cc1ccc(-c2ccc(C#N)cc2)cc1)C(=O)O)N(C)C(=O)C(c1ccc(OCc2ccc(Cl)c(Cl)c2)cc1)O3. The van der Waals surface area contributed by atoms with Crippen molar-refractivity contribution >= 4 is 46.7 Å². The Labute approximate surface area is 376 Å². The maximum Gasteiger partial charge on any atom is 0.326 e. The standard InChI is InChI=1S/C51H44Cl2N4O6/c1-3-34-6-4-5-7-38(34)28-57-29-40-26-47-45(56(2)50(59)48(63-47)37-17-19-41(20-18-37)62-30-33-12-21-42(52)43(53)22-33)24-39(40)25-46(57)49(58)55-44(51(60)61)23-31-8-13-35(14-9-31)36-15-10-32(27-54)11-16-36/h4-22,24,26,44,46,48H,3,23,25,28-30H2,1-2H3,(H,55,58)(H,60,61)/t44-,46?,48?/m0/s1. The van der Waals surface area contributed by atoms with Gasteiger partial charge in [-0.15, -0.1) is 0 Å². The summed E-state index contributed by atoms with van der Waals surface area (Å²) < 4.78 is 12.4. The zero-order valence-corrected chi connectivity index (χ0v) is 36.2. The first kappa shape index (κ1) is 43.0. The minimum Gasteiger partial charge on any atom is -0.489 e. The topological polar surface area (TPSA) is 132 Å². The third kappa shape index (κ3) is 9.57. The van der Waals surface area contributed by atoms with Crippen LogP contribution < -0.4 is 19.7 Å². The maximum absolute atomic E-state index is 14.4. The number of carbonyl (C=O) groups is 3. The second kappa shape index (κ2) is 18.8. The van der Waals surface area contributed by atoms with Crippen LogP contribution in [0.5, 0.6) is 11.5 Å². The van der Waals surface area contributed by atoms with Crippen LogP contribution >= 0.6 is 23.2 Å². The quantitative estimate of drug-likeness (QED) is 0.117. The minimum atomic E-state index is -1.18. The number of carboxylic acid groups (broad SMARTS) is 1. The lowest BCUT2D eigenvalue weighted by Crippen LogP contribution is -2.54. The van der Waals surface area contributed by atoms with Crippen molar-refractivity contribution in [1.82, 2.24) is 10.2 Å². The molecule has 63 heavy (non-hydrogen) atoms. The number of benzene rings is 6. The molecular weight excluding hydrogens is 835 g/mol. The van der Waals surface area contributed by atoms with Gasteiger partial charge in [-0.2, -0.15) is 5.26 Å². The van der Waals surface area contributed by atoms with E-state index in [9.17, 15) is 19.5 Å². The van der Waals surface area contributed by atoms with Gasteiger partial charge in [0.15, 0.2) is 0 Å². The number of aryl methyl sites for hydroxylation is 1. The first-order chi connectivity index (χ1) is 30.5. The highest BCUT2D eigenvalue weighted by molar-refractivity contribution is 6.42. The van der Waals surface area contributed by atoms with Crippen LogP contribution in [0.15, 0.2) is 127 Å². The summed E-state index contributed by atoms with van der Waals surface area (Å²) in [4.78, 5) is 44.6. The van der Waals surface area contributed by atoms with Crippen LogP contribution in [0.4, 0.5) is 5.69 Å². The highest BCUT2D eigenvalue weighted by Crippen LogP contribution is 2.42. The first-order valence-corrected chi connectivity index (χ1v) is 21.4. The molecule has 2 N–H and O–H groups in total. The minimum absolute atomic E-state index is 0.0874. The Morgan fingerprint density at radius 1 is 0.873 bits per heavy atom. The third-order valence-electron chi connectivity index (χ3n) is 11.8. The van der Waals surface area contributed by atoms with Crippen molar-refractivity contribution in [2.75, 3.05) is 11.9 Å². The summed E-state index contributed by atoms with van der Waals surface area (Å²) in [6, 6.07) is 39.6. The Kier molecular flexibility index (Phi) is 12.8. The Balaban J connectivity index is 1.01. The summed E-state index contributed by atoms with van der Waals surface area (Å²) in [5, 5.41) is 23.3. The fraction of sp³-hybridized carbons (Fsp3) is 0.216. The molecule has 0 bridgehead atoms. The van der Waals surface area contributed by atoms with Crippen LogP contribution in [-0.2, 0) is 53.3 Å². The van der Waals surface area contributed by atoms with Crippen LogP contribution in [0.2, 0.25) is 10.0 Å². The largest absolute Gasteiger partial charge is 0.489 e. The number of rotatable bonds is 13. The Morgan fingerprint density at radius 2 is 1.56 bits per heavy atom. The van der Waals surface area contributed by atoms with Gasteiger partial charge in [0, 0.05) is 32.1 Å². The monoisotopic (exact) mass is 878 g/mol. The molecule has 0 saturated heterocycles. The Hall–Kier alpha value is -6.64. The van der Waals surface area contributed by atoms with E-state index in [0.29, 0.717) is 57.9 Å². The molecule has 10 nitrogen and oxygen atoms in total. The number of carboxylic acids is 1. The average Bonchev–Trinajstić information content (AvgIpc) is 3.30. The maximum atomic E-state index is 14.4. The number of anilines is 1. The lowest BCUT2D eigenvalue weighted by atomic mass is 9.90. The van der Waals surface area contributed by atoms with Gasteiger partial charge in [0.05, 0.1) is 33.4 Å². The van der Waals surface area contributed by atoms with Gasteiger partial charge in [-0.1, -0.05) is 109 Å². The molecule has 2 unspecified atom stereocenters. The number of carbonyl (C=O) groups excluding carboxylic acids is 2. The average molecular weight is 880 g/mol. The number of ether oxygens (including phenoxy) is 2. The van der Waals surface area contributed by atoms with Gasteiger partial charge in [0.2, 0.25) is 12.0 Å². The number of hydrogen-bond acceptors (Lipinski definition) is 7. The molecule has 0 aliphatic carbocycles. The van der Waals surface area contributed by atoms with Gasteiger partial charge < -0.3 is 24.8 Å². The molecule has 2 aliphatic rings. The Bertz CT molecular complexity index is 2720. The number of fused-ring (bicyclic) bond motifs is 2. The van der Waals surface area contributed by atoms with Crippen molar-refractivity contribution in [3.05, 3.63) is 182 Å². The molecule has 0 spiro atoms. The van der Waals surface area contributed by atoms with Crippen molar-refractivity contribution in [3.8, 4) is 28.7 Å². The molecule has 0 fully saturated rings. The van der Waals surface area contributed by atoms with E-state index in [4.69, 9.17) is 37.9 Å². The molecule has 6 aromatic carbocycles. The number of nitrogens with one attached hydrogen (secondary N) is 1. The molecule has 12 heteroatoms. The molecule has 0 saturated carbocycles. The predicted molar refractivity (Wildman–Crippen MR) is 243 cm³/mol. The van der Waals surface area contributed by atoms with E-state index in [1.165, 1.54) is 0 Å². The molecule has 6 aromatic rings. The number of hydrogen-bond donors (Lipinski definition) is 2. The number of aliphatic carboxylic acids is 1. The van der Waals surface area contributed by atoms with E-state index in [2.05, 4.69) is 35.3 Å². The predicted octanol–water partition coefficient (Wildman–Crippen LogP) is 9.51. The second-order valence-electron chi connectivity index (χ2n) is 15.8. The Morgan fingerprint density at radius 3 is 2.22 bits per heavy atom. The highest BCUT2D eigenvalue weighted by atomic mass is 35.5. The first-order valence-electron chi connectivity index (χ1n) is 20.7. The molecule has 8 rings (SSSR count). The fourth-order valence-corrected chi connectivity index (χ4v) is 8.53. The fourth-order valence-electron chi connectivity index (χ4n) is 8.21. The number of halogens is 2. The van der Waals surface area contributed by atoms with Gasteiger partial charge in [0.1, 0.15) is 24.1 Å². The van der Waals surface area contributed by atoms with Gasteiger partial charge in [0.25, 0.3) is 5.91 Å². The van der Waals surface area contributed by atoms with Gasteiger partial charge in [-0.3, -0.25) is 14.5 Å². The van der Waals surface area contributed by atoms with Gasteiger partial charge in [-0.25, -0.2) is 4.79 Å². The molecule has 2 amide bonds. The highest BCUT2D eigenvalue weighted by Gasteiger charge is 2.38. The smallest absolute Gasteiger partial charge is 0.326 e. The van der Waals surface area contributed by atoms with E-state index in [0.717, 1.165) is 50.9 Å². The summed E-state index contributed by atoms with van der Waals surface area (Å²) in [6.45, 7) is 3.24. The van der Waals surface area contributed by atoms with Gasteiger partial charge >= 0.3 is 5.97 Å². The van der Waals surface area contributed by atoms with Crippen LogP contribution in [0, 0.1) is 11.3 Å².